The summed E-state index contributed by atoms with van der Waals surface area (Å²) in [7, 11) is 0. The molecule has 1 aliphatic heterocycles. The van der Waals surface area contributed by atoms with Crippen LogP contribution in [-0.2, 0) is 13.0 Å². The highest BCUT2D eigenvalue weighted by Crippen LogP contribution is 2.32. The number of nitrogens with zero attached hydrogens (tertiary/aromatic N) is 1. The number of hydrogen-bond donors (Lipinski definition) is 1. The van der Waals surface area contributed by atoms with E-state index in [0.717, 1.165) is 30.4 Å². The van der Waals surface area contributed by atoms with E-state index in [2.05, 4.69) is 68.8 Å². The van der Waals surface area contributed by atoms with E-state index < -0.39 is 0 Å². The zero-order chi connectivity index (χ0) is 13.9. The third kappa shape index (κ3) is 2.92. The first-order chi connectivity index (χ1) is 9.78. The van der Waals surface area contributed by atoms with E-state index in [1.54, 1.807) is 0 Å². The van der Waals surface area contributed by atoms with Crippen LogP contribution in [0.1, 0.15) is 23.8 Å². The number of benzene rings is 1. The molecule has 0 saturated carbocycles. The molecule has 4 heteroatoms. The van der Waals surface area contributed by atoms with Gasteiger partial charge >= 0.3 is 0 Å². The molecule has 2 heterocycles. The highest BCUT2D eigenvalue weighted by atomic mass is 79.9. The van der Waals surface area contributed by atoms with E-state index in [-0.39, 0.29) is 0 Å². The average Bonchev–Trinajstić information content (AvgIpc) is 3.09. The van der Waals surface area contributed by atoms with Crippen molar-refractivity contribution in [1.29, 1.82) is 0 Å². The molecule has 1 atom stereocenters. The molecule has 3 rings (SSSR count). The third-order valence-electron chi connectivity index (χ3n) is 3.83. The van der Waals surface area contributed by atoms with Gasteiger partial charge in [-0.1, -0.05) is 35.0 Å². The molecule has 0 unspecified atom stereocenters. The molecule has 1 N–H and O–H groups in total. The van der Waals surface area contributed by atoms with Crippen LogP contribution in [0.2, 0.25) is 0 Å². The lowest BCUT2D eigenvalue weighted by Crippen LogP contribution is -2.44. The van der Waals surface area contributed by atoms with Crippen LogP contribution in [0, 0.1) is 0 Å². The molecule has 1 aromatic carbocycles. The molecule has 0 fully saturated rings. The second kappa shape index (κ2) is 6.29. The summed E-state index contributed by atoms with van der Waals surface area (Å²) >= 11 is 5.41. The Labute approximate surface area is 132 Å². The second-order valence-electron chi connectivity index (χ2n) is 5.10. The Kier molecular flexibility index (Phi) is 4.44. The van der Waals surface area contributed by atoms with Crippen LogP contribution in [-0.4, -0.2) is 12.7 Å². The molecule has 0 radical (unpaired) electrons. The molecule has 0 spiro atoms. The number of rotatable bonds is 5. The van der Waals surface area contributed by atoms with E-state index in [1.807, 2.05) is 11.3 Å². The molecule has 0 saturated heterocycles. The van der Waals surface area contributed by atoms with Crippen molar-refractivity contribution >= 4 is 33.0 Å². The maximum absolute atomic E-state index is 3.70. The van der Waals surface area contributed by atoms with E-state index in [0.29, 0.717) is 6.17 Å². The fraction of sp³-hybridized carbons (Fsp3) is 0.375. The van der Waals surface area contributed by atoms with Crippen LogP contribution >= 0.6 is 27.3 Å². The lowest BCUT2D eigenvalue weighted by molar-refractivity contribution is 0.479. The van der Waals surface area contributed by atoms with Crippen LogP contribution in [0.4, 0.5) is 5.69 Å². The van der Waals surface area contributed by atoms with Crippen molar-refractivity contribution in [1.82, 2.24) is 5.32 Å². The van der Waals surface area contributed by atoms with Gasteiger partial charge in [0.1, 0.15) is 0 Å². The molecule has 2 nitrogen and oxygen atoms in total. The summed E-state index contributed by atoms with van der Waals surface area (Å²) < 4.78 is 1.16. The van der Waals surface area contributed by atoms with Gasteiger partial charge in [-0.05, 0) is 42.0 Å². The Balaban J connectivity index is 1.73. The first-order valence-corrected chi connectivity index (χ1v) is 8.76. The van der Waals surface area contributed by atoms with Crippen molar-refractivity contribution in [2.45, 2.75) is 32.5 Å². The molecular weight excluding hydrogens is 332 g/mol. The highest BCUT2D eigenvalue weighted by molar-refractivity contribution is 9.10. The summed E-state index contributed by atoms with van der Waals surface area (Å²) in [6.07, 6.45) is 2.67. The fourth-order valence-corrected chi connectivity index (χ4v) is 3.81. The molecule has 20 heavy (non-hydrogen) atoms. The van der Waals surface area contributed by atoms with Crippen LogP contribution in [0.5, 0.6) is 0 Å². The predicted molar refractivity (Wildman–Crippen MR) is 90.4 cm³/mol. The predicted octanol–water partition coefficient (Wildman–Crippen LogP) is 4.40. The minimum absolute atomic E-state index is 0.410. The molecule has 0 aliphatic carbocycles. The van der Waals surface area contributed by atoms with Crippen molar-refractivity contribution in [2.24, 2.45) is 0 Å². The smallest absolute Gasteiger partial charge is 0.0796 e. The third-order valence-corrected chi connectivity index (χ3v) is 5.20. The topological polar surface area (TPSA) is 15.3 Å². The van der Waals surface area contributed by atoms with Crippen LogP contribution in [0.25, 0.3) is 0 Å². The normalized spacial score (nSPS) is 15.4. The van der Waals surface area contributed by atoms with Gasteiger partial charge < -0.3 is 4.90 Å². The zero-order valence-electron chi connectivity index (χ0n) is 11.6. The van der Waals surface area contributed by atoms with Gasteiger partial charge in [-0.3, -0.25) is 5.32 Å². The molecule has 0 amide bonds. The summed E-state index contributed by atoms with van der Waals surface area (Å²) in [5, 5.41) is 5.83. The summed E-state index contributed by atoms with van der Waals surface area (Å²) in [6, 6.07) is 10.9. The van der Waals surface area contributed by atoms with Crippen molar-refractivity contribution < 1.29 is 0 Å². The summed E-state index contributed by atoms with van der Waals surface area (Å²) in [6.45, 7) is 4.32. The van der Waals surface area contributed by atoms with Gasteiger partial charge in [-0.2, -0.15) is 0 Å². The van der Waals surface area contributed by atoms with E-state index in [1.165, 1.54) is 16.1 Å². The Hall–Kier alpha value is -0.840. The monoisotopic (exact) mass is 350 g/mol. The number of halogens is 1. The number of nitrogens with one attached hydrogen (secondary N) is 1. The molecule has 106 valence electrons. The largest absolute Gasteiger partial charge is 0.355 e. The van der Waals surface area contributed by atoms with Crippen molar-refractivity contribution in [3.8, 4) is 0 Å². The number of fused-ring (bicyclic) bond motifs is 1. The maximum Gasteiger partial charge on any atom is 0.0796 e. The van der Waals surface area contributed by atoms with E-state index >= 15 is 0 Å². The Bertz CT molecular complexity index is 568. The van der Waals surface area contributed by atoms with Crippen molar-refractivity contribution in [3.05, 3.63) is 50.6 Å². The van der Waals surface area contributed by atoms with Gasteiger partial charge in [-0.25, -0.2) is 0 Å². The lowest BCUT2D eigenvalue weighted by atomic mass is 10.2. The minimum atomic E-state index is 0.410. The Morgan fingerprint density at radius 2 is 2.30 bits per heavy atom. The lowest BCUT2D eigenvalue weighted by Gasteiger charge is -2.30. The van der Waals surface area contributed by atoms with Crippen LogP contribution in [0.15, 0.2) is 40.2 Å². The van der Waals surface area contributed by atoms with E-state index in [9.17, 15) is 0 Å². The molecule has 1 aliphatic rings. The van der Waals surface area contributed by atoms with Crippen LogP contribution in [0.3, 0.4) is 0 Å². The number of anilines is 1. The first kappa shape index (κ1) is 14.1. The van der Waals surface area contributed by atoms with Gasteiger partial charge in [0.15, 0.2) is 0 Å². The summed E-state index contributed by atoms with van der Waals surface area (Å²) in [5.41, 5.74) is 2.84. The zero-order valence-corrected chi connectivity index (χ0v) is 14.0. The summed E-state index contributed by atoms with van der Waals surface area (Å²) in [5.74, 6) is 0. The van der Waals surface area contributed by atoms with E-state index in [4.69, 9.17) is 0 Å². The maximum atomic E-state index is 3.70. The SMILES string of the molecule is CC[C@@H](NCc1cccs1)N1CCc2ccc(Br)cc21. The Morgan fingerprint density at radius 1 is 1.40 bits per heavy atom. The van der Waals surface area contributed by atoms with Gasteiger partial charge in [-0.15, -0.1) is 11.3 Å². The highest BCUT2D eigenvalue weighted by Gasteiger charge is 2.24. The first-order valence-electron chi connectivity index (χ1n) is 7.08. The van der Waals surface area contributed by atoms with Gasteiger partial charge in [0, 0.05) is 28.1 Å². The van der Waals surface area contributed by atoms with Gasteiger partial charge in [0.05, 0.1) is 6.17 Å². The van der Waals surface area contributed by atoms with Gasteiger partial charge in [0.2, 0.25) is 0 Å². The average molecular weight is 351 g/mol. The quantitative estimate of drug-likeness (QED) is 0.859. The fourth-order valence-electron chi connectivity index (χ4n) is 2.81. The van der Waals surface area contributed by atoms with Crippen LogP contribution < -0.4 is 10.2 Å². The molecule has 2 aromatic rings. The summed E-state index contributed by atoms with van der Waals surface area (Å²) in [4.78, 5) is 3.91. The number of hydrogen-bond acceptors (Lipinski definition) is 3. The second-order valence-corrected chi connectivity index (χ2v) is 7.05. The van der Waals surface area contributed by atoms with Crippen molar-refractivity contribution in [2.75, 3.05) is 11.4 Å². The molecular formula is C16H19BrN2S. The van der Waals surface area contributed by atoms with Crippen molar-refractivity contribution in [3.63, 3.8) is 0 Å². The minimum Gasteiger partial charge on any atom is -0.355 e. The van der Waals surface area contributed by atoms with Gasteiger partial charge in [0.25, 0.3) is 0 Å². The molecule has 1 aromatic heterocycles. The standard InChI is InChI=1S/C16H19BrN2S/c1-2-16(18-11-14-4-3-9-20-14)19-8-7-12-5-6-13(17)10-15(12)19/h3-6,9-10,16,18H,2,7-8,11H2,1H3/t16-/m0/s1. The number of thiophene rings is 1. The molecule has 0 bridgehead atoms. The Morgan fingerprint density at radius 3 is 3.05 bits per heavy atom.